The van der Waals surface area contributed by atoms with Crippen LogP contribution in [0.4, 0.5) is 0 Å². The van der Waals surface area contributed by atoms with Crippen LogP contribution >= 0.6 is 0 Å². The summed E-state index contributed by atoms with van der Waals surface area (Å²) in [7, 11) is 0. The van der Waals surface area contributed by atoms with Gasteiger partial charge in [0, 0.05) is 6.04 Å². The highest BCUT2D eigenvalue weighted by Crippen LogP contribution is 1.94. The Hall–Kier alpha value is -0.920. The average Bonchev–Trinajstić information content (AvgIpc) is 1.64. The van der Waals surface area contributed by atoms with E-state index in [1.54, 1.807) is 0 Å². The lowest BCUT2D eigenvalue weighted by atomic mass is 10.2. The molecule has 0 amide bonds. The largest absolute Gasteiger partial charge is 0.386 e. The van der Waals surface area contributed by atoms with E-state index in [0.717, 1.165) is 5.82 Å². The molecule has 0 spiro atoms. The third-order valence-electron chi connectivity index (χ3n) is 1.07. The zero-order chi connectivity index (χ0) is 5.98. The molecule has 1 rings (SSSR count). The van der Waals surface area contributed by atoms with Gasteiger partial charge >= 0.3 is 0 Å². The highest BCUT2D eigenvalue weighted by molar-refractivity contribution is 5.16. The lowest BCUT2D eigenvalue weighted by molar-refractivity contribution is 0.710. The SMILES string of the molecule is C[C@H]1C=CC=C(N)N1. The van der Waals surface area contributed by atoms with Gasteiger partial charge in [0.1, 0.15) is 0 Å². The van der Waals surface area contributed by atoms with Crippen LogP contribution in [0.15, 0.2) is 24.0 Å². The van der Waals surface area contributed by atoms with E-state index in [4.69, 9.17) is 5.73 Å². The minimum atomic E-state index is 0.389. The molecule has 0 aromatic carbocycles. The molecule has 3 N–H and O–H groups in total. The van der Waals surface area contributed by atoms with E-state index in [0.29, 0.717) is 6.04 Å². The number of nitrogens with one attached hydrogen (secondary N) is 1. The third kappa shape index (κ3) is 1.03. The molecule has 2 nitrogen and oxygen atoms in total. The van der Waals surface area contributed by atoms with Gasteiger partial charge in [0.2, 0.25) is 0 Å². The van der Waals surface area contributed by atoms with Crippen molar-refractivity contribution >= 4 is 0 Å². The fourth-order valence-corrected chi connectivity index (χ4v) is 0.685. The molecule has 0 aliphatic carbocycles. The number of hydrogen-bond donors (Lipinski definition) is 2. The average molecular weight is 110 g/mol. The molecule has 1 atom stereocenters. The summed E-state index contributed by atoms with van der Waals surface area (Å²) in [5.41, 5.74) is 5.42. The zero-order valence-electron chi connectivity index (χ0n) is 4.89. The van der Waals surface area contributed by atoms with E-state index < -0.39 is 0 Å². The van der Waals surface area contributed by atoms with Crippen molar-refractivity contribution in [2.75, 3.05) is 0 Å². The molecular weight excluding hydrogens is 100 g/mol. The molecule has 0 radical (unpaired) electrons. The van der Waals surface area contributed by atoms with Gasteiger partial charge in [0.25, 0.3) is 0 Å². The maximum Gasteiger partial charge on any atom is 0.0964 e. The fraction of sp³-hybridized carbons (Fsp3) is 0.333. The van der Waals surface area contributed by atoms with E-state index in [-0.39, 0.29) is 0 Å². The molecular formula is C6H10N2. The van der Waals surface area contributed by atoms with Crippen molar-refractivity contribution in [2.45, 2.75) is 13.0 Å². The monoisotopic (exact) mass is 110 g/mol. The summed E-state index contributed by atoms with van der Waals surface area (Å²) < 4.78 is 0. The number of allylic oxidation sites excluding steroid dienone is 2. The Morgan fingerprint density at radius 1 is 1.75 bits per heavy atom. The second kappa shape index (κ2) is 1.90. The predicted octanol–water partition coefficient (Wildman–Crippen LogP) is 0.334. The summed E-state index contributed by atoms with van der Waals surface area (Å²) in [5.74, 6) is 0.750. The lowest BCUT2D eigenvalue weighted by Crippen LogP contribution is -2.29. The van der Waals surface area contributed by atoms with E-state index in [1.165, 1.54) is 0 Å². The van der Waals surface area contributed by atoms with Crippen LogP contribution in [0.25, 0.3) is 0 Å². The molecule has 2 heteroatoms. The Morgan fingerprint density at radius 3 is 2.88 bits per heavy atom. The van der Waals surface area contributed by atoms with E-state index >= 15 is 0 Å². The van der Waals surface area contributed by atoms with Gasteiger partial charge in [-0.05, 0) is 13.0 Å². The van der Waals surface area contributed by atoms with Crippen LogP contribution in [0.1, 0.15) is 6.92 Å². The Bertz CT molecular complexity index is 135. The third-order valence-corrected chi connectivity index (χ3v) is 1.07. The van der Waals surface area contributed by atoms with Crippen LogP contribution in [0.2, 0.25) is 0 Å². The van der Waals surface area contributed by atoms with Crippen LogP contribution < -0.4 is 11.1 Å². The summed E-state index contributed by atoms with van der Waals surface area (Å²) in [4.78, 5) is 0. The van der Waals surface area contributed by atoms with Crippen molar-refractivity contribution in [3.63, 3.8) is 0 Å². The first-order chi connectivity index (χ1) is 3.79. The minimum absolute atomic E-state index is 0.389. The molecule has 8 heavy (non-hydrogen) atoms. The molecule has 0 aromatic rings. The number of dihydropyridines is 1. The molecule has 0 aromatic heterocycles. The van der Waals surface area contributed by atoms with Crippen molar-refractivity contribution in [1.29, 1.82) is 0 Å². The van der Waals surface area contributed by atoms with Crippen LogP contribution in [-0.4, -0.2) is 6.04 Å². The molecule has 1 heterocycles. The van der Waals surface area contributed by atoms with E-state index in [1.807, 2.05) is 12.2 Å². The maximum absolute atomic E-state index is 5.42. The van der Waals surface area contributed by atoms with Crippen LogP contribution in [0.3, 0.4) is 0 Å². The summed E-state index contributed by atoms with van der Waals surface area (Å²) in [6.07, 6.45) is 5.85. The van der Waals surface area contributed by atoms with Gasteiger partial charge in [-0.1, -0.05) is 12.2 Å². The Kier molecular flexibility index (Phi) is 1.24. The van der Waals surface area contributed by atoms with Crippen molar-refractivity contribution in [2.24, 2.45) is 5.73 Å². The highest BCUT2D eigenvalue weighted by atomic mass is 15.0. The Labute approximate surface area is 49.1 Å². The quantitative estimate of drug-likeness (QED) is 0.471. The first-order valence-corrected chi connectivity index (χ1v) is 2.69. The van der Waals surface area contributed by atoms with E-state index in [9.17, 15) is 0 Å². The molecule has 44 valence electrons. The standard InChI is InChI=1S/C6H10N2/c1-5-3-2-4-6(7)8-5/h2-5,8H,7H2,1H3/t5-/m0/s1. The first kappa shape index (κ1) is 5.22. The van der Waals surface area contributed by atoms with Gasteiger partial charge in [0.05, 0.1) is 5.82 Å². The van der Waals surface area contributed by atoms with Gasteiger partial charge in [-0.2, -0.15) is 0 Å². The second-order valence-electron chi connectivity index (χ2n) is 1.94. The summed E-state index contributed by atoms with van der Waals surface area (Å²) in [6, 6.07) is 0.389. The minimum Gasteiger partial charge on any atom is -0.386 e. The molecule has 0 unspecified atom stereocenters. The normalized spacial score (nSPS) is 26.6. The lowest BCUT2D eigenvalue weighted by Gasteiger charge is -2.13. The van der Waals surface area contributed by atoms with Gasteiger partial charge in [0.15, 0.2) is 0 Å². The highest BCUT2D eigenvalue weighted by Gasteiger charge is 1.97. The topological polar surface area (TPSA) is 38.0 Å². The molecule has 0 bridgehead atoms. The number of hydrogen-bond acceptors (Lipinski definition) is 2. The van der Waals surface area contributed by atoms with Crippen LogP contribution in [0, 0.1) is 0 Å². The van der Waals surface area contributed by atoms with Crippen LogP contribution in [-0.2, 0) is 0 Å². The van der Waals surface area contributed by atoms with Gasteiger partial charge in [-0.25, -0.2) is 0 Å². The Morgan fingerprint density at radius 2 is 2.50 bits per heavy atom. The molecule has 0 fully saturated rings. The smallest absolute Gasteiger partial charge is 0.0964 e. The maximum atomic E-state index is 5.42. The first-order valence-electron chi connectivity index (χ1n) is 2.69. The molecule has 0 saturated carbocycles. The molecule has 0 saturated heterocycles. The van der Waals surface area contributed by atoms with Crippen molar-refractivity contribution in [3.8, 4) is 0 Å². The summed E-state index contributed by atoms with van der Waals surface area (Å²) in [6.45, 7) is 2.05. The second-order valence-corrected chi connectivity index (χ2v) is 1.94. The van der Waals surface area contributed by atoms with Crippen LogP contribution in [0.5, 0.6) is 0 Å². The van der Waals surface area contributed by atoms with Crippen molar-refractivity contribution in [3.05, 3.63) is 24.0 Å². The fourth-order valence-electron chi connectivity index (χ4n) is 0.685. The molecule has 1 aliphatic rings. The summed E-state index contributed by atoms with van der Waals surface area (Å²) >= 11 is 0. The number of rotatable bonds is 0. The van der Waals surface area contributed by atoms with Gasteiger partial charge < -0.3 is 11.1 Å². The number of nitrogens with two attached hydrogens (primary N) is 1. The molecule has 1 aliphatic heterocycles. The van der Waals surface area contributed by atoms with Gasteiger partial charge in [-0.15, -0.1) is 0 Å². The summed E-state index contributed by atoms with van der Waals surface area (Å²) in [5, 5.41) is 3.03. The predicted molar refractivity (Wildman–Crippen MR) is 34.0 cm³/mol. The van der Waals surface area contributed by atoms with Crippen molar-refractivity contribution < 1.29 is 0 Å². The van der Waals surface area contributed by atoms with Gasteiger partial charge in [-0.3, -0.25) is 0 Å². The van der Waals surface area contributed by atoms with Crippen molar-refractivity contribution in [1.82, 2.24) is 5.32 Å². The zero-order valence-corrected chi connectivity index (χ0v) is 4.89. The van der Waals surface area contributed by atoms with E-state index in [2.05, 4.69) is 18.3 Å². The Balaban J connectivity index is 2.59.